The van der Waals surface area contributed by atoms with Gasteiger partial charge in [-0.2, -0.15) is 0 Å². The van der Waals surface area contributed by atoms with Gasteiger partial charge in [0.05, 0.1) is 10.8 Å². The maximum absolute atomic E-state index is 12.0. The molecule has 106 valence electrons. The second-order valence-corrected chi connectivity index (χ2v) is 4.91. The van der Waals surface area contributed by atoms with Crippen molar-refractivity contribution in [3.05, 3.63) is 33.4 Å². The number of hydrogen-bond acceptors (Lipinski definition) is 4. The molecular weight excluding hydrogens is 262 g/mol. The Morgan fingerprint density at radius 3 is 2.65 bits per heavy atom. The summed E-state index contributed by atoms with van der Waals surface area (Å²) in [4.78, 5) is 33.5. The monoisotopic (exact) mass is 277 g/mol. The van der Waals surface area contributed by atoms with Gasteiger partial charge < -0.3 is 10.6 Å². The third-order valence-electron chi connectivity index (χ3n) is 3.35. The van der Waals surface area contributed by atoms with Crippen LogP contribution >= 0.6 is 0 Å². The van der Waals surface area contributed by atoms with Crippen LogP contribution in [0, 0.1) is 29.9 Å². The van der Waals surface area contributed by atoms with Crippen LogP contribution in [-0.2, 0) is 9.59 Å². The molecule has 0 spiro atoms. The predicted molar refractivity (Wildman–Crippen MR) is 72.3 cm³/mol. The molecule has 1 atom stereocenters. The number of hydrogen-bond donors (Lipinski definition) is 2. The summed E-state index contributed by atoms with van der Waals surface area (Å²) in [6, 6.07) is 3.01. The van der Waals surface area contributed by atoms with E-state index >= 15 is 0 Å². The molecule has 0 aromatic heterocycles. The SMILES string of the molecule is Cc1cc([N+](=O)[O-])c(C)cc1NC(=O)C1CNC(=O)C1. The average molecular weight is 277 g/mol. The molecule has 2 N–H and O–H groups in total. The number of nitro groups is 1. The molecule has 1 unspecified atom stereocenters. The minimum atomic E-state index is -0.451. The predicted octanol–water partition coefficient (Wildman–Crippen LogP) is 1.29. The molecule has 0 radical (unpaired) electrons. The number of rotatable bonds is 3. The van der Waals surface area contributed by atoms with Gasteiger partial charge in [-0.05, 0) is 25.5 Å². The van der Waals surface area contributed by atoms with Gasteiger partial charge in [-0.3, -0.25) is 19.7 Å². The Labute approximate surface area is 115 Å². The molecule has 0 aliphatic carbocycles. The van der Waals surface area contributed by atoms with Gasteiger partial charge >= 0.3 is 0 Å². The van der Waals surface area contributed by atoms with Crippen molar-refractivity contribution < 1.29 is 14.5 Å². The molecule has 0 bridgehead atoms. The molecule has 2 rings (SSSR count). The van der Waals surface area contributed by atoms with E-state index in [1.165, 1.54) is 6.07 Å². The van der Waals surface area contributed by atoms with Crippen molar-refractivity contribution >= 4 is 23.2 Å². The van der Waals surface area contributed by atoms with Crippen LogP contribution < -0.4 is 10.6 Å². The molecule has 1 aliphatic rings. The van der Waals surface area contributed by atoms with Crippen LogP contribution in [-0.4, -0.2) is 23.3 Å². The molecule has 1 aliphatic heterocycles. The van der Waals surface area contributed by atoms with Crippen molar-refractivity contribution in [1.29, 1.82) is 0 Å². The lowest BCUT2D eigenvalue weighted by Gasteiger charge is -2.12. The first kappa shape index (κ1) is 14.0. The lowest BCUT2D eigenvalue weighted by Crippen LogP contribution is -2.25. The third-order valence-corrected chi connectivity index (χ3v) is 3.35. The quantitative estimate of drug-likeness (QED) is 0.642. The molecular formula is C13H15N3O4. The first-order valence-corrected chi connectivity index (χ1v) is 6.21. The van der Waals surface area contributed by atoms with E-state index in [0.29, 0.717) is 23.4 Å². The third kappa shape index (κ3) is 2.76. The van der Waals surface area contributed by atoms with E-state index in [0.717, 1.165) is 0 Å². The van der Waals surface area contributed by atoms with Crippen LogP contribution in [0.2, 0.25) is 0 Å². The fourth-order valence-corrected chi connectivity index (χ4v) is 2.16. The van der Waals surface area contributed by atoms with Crippen LogP contribution in [0.1, 0.15) is 17.5 Å². The first-order chi connectivity index (χ1) is 9.38. The van der Waals surface area contributed by atoms with Crippen LogP contribution in [0.4, 0.5) is 11.4 Å². The van der Waals surface area contributed by atoms with E-state index in [9.17, 15) is 19.7 Å². The molecule has 1 aromatic carbocycles. The number of carbonyl (C=O) groups is 2. The lowest BCUT2D eigenvalue weighted by molar-refractivity contribution is -0.385. The Morgan fingerprint density at radius 2 is 2.10 bits per heavy atom. The zero-order valence-corrected chi connectivity index (χ0v) is 11.2. The summed E-state index contributed by atoms with van der Waals surface area (Å²) in [5.41, 5.74) is 1.67. The topological polar surface area (TPSA) is 101 Å². The van der Waals surface area contributed by atoms with Gasteiger partial charge in [0.25, 0.3) is 5.69 Å². The summed E-state index contributed by atoms with van der Waals surface area (Å²) in [7, 11) is 0. The highest BCUT2D eigenvalue weighted by molar-refractivity contribution is 5.97. The Bertz CT molecular complexity index is 598. The molecule has 2 amide bonds. The minimum absolute atomic E-state index is 0.0261. The number of nitrogens with one attached hydrogen (secondary N) is 2. The van der Waals surface area contributed by atoms with E-state index in [2.05, 4.69) is 10.6 Å². The van der Waals surface area contributed by atoms with Gasteiger partial charge in [0.2, 0.25) is 11.8 Å². The summed E-state index contributed by atoms with van der Waals surface area (Å²) in [5.74, 6) is -0.779. The zero-order chi connectivity index (χ0) is 14.9. The van der Waals surface area contributed by atoms with Gasteiger partial charge in [-0.25, -0.2) is 0 Å². The first-order valence-electron chi connectivity index (χ1n) is 6.21. The highest BCUT2D eigenvalue weighted by atomic mass is 16.6. The molecule has 7 heteroatoms. The largest absolute Gasteiger partial charge is 0.355 e. The normalized spacial score (nSPS) is 17.7. The van der Waals surface area contributed by atoms with Gasteiger partial charge in [-0.1, -0.05) is 0 Å². The van der Waals surface area contributed by atoms with Crippen LogP contribution in [0.3, 0.4) is 0 Å². The molecule has 1 saturated heterocycles. The Kier molecular flexibility index (Phi) is 3.69. The standard InChI is InChI=1S/C13H15N3O4/c1-7-4-11(16(19)20)8(2)3-10(7)15-13(18)9-5-12(17)14-6-9/h3-4,9H,5-6H2,1-2H3,(H,14,17)(H,15,18). The second-order valence-electron chi connectivity index (χ2n) is 4.91. The van der Waals surface area contributed by atoms with Crippen molar-refractivity contribution in [2.24, 2.45) is 5.92 Å². The van der Waals surface area contributed by atoms with Gasteiger partial charge in [0.15, 0.2) is 0 Å². The number of amides is 2. The Balaban J connectivity index is 2.17. The van der Waals surface area contributed by atoms with Gasteiger partial charge in [-0.15, -0.1) is 0 Å². The summed E-state index contributed by atoms with van der Waals surface area (Å²) >= 11 is 0. The van der Waals surface area contributed by atoms with E-state index in [1.54, 1.807) is 19.9 Å². The molecule has 1 fully saturated rings. The maximum Gasteiger partial charge on any atom is 0.272 e. The van der Waals surface area contributed by atoms with E-state index < -0.39 is 10.8 Å². The minimum Gasteiger partial charge on any atom is -0.355 e. The number of benzene rings is 1. The van der Waals surface area contributed by atoms with Crippen molar-refractivity contribution in [3.63, 3.8) is 0 Å². The summed E-state index contributed by atoms with van der Waals surface area (Å²) in [6.07, 6.45) is 0.177. The van der Waals surface area contributed by atoms with E-state index in [1.807, 2.05) is 0 Å². The second kappa shape index (κ2) is 5.28. The van der Waals surface area contributed by atoms with Crippen molar-refractivity contribution in [2.75, 3.05) is 11.9 Å². The van der Waals surface area contributed by atoms with Crippen LogP contribution in [0.5, 0.6) is 0 Å². The molecule has 0 saturated carbocycles. The molecule has 20 heavy (non-hydrogen) atoms. The highest BCUT2D eigenvalue weighted by Gasteiger charge is 2.28. The number of aryl methyl sites for hydroxylation is 2. The number of nitro benzene ring substituents is 1. The van der Waals surface area contributed by atoms with Gasteiger partial charge in [0, 0.05) is 30.3 Å². The number of anilines is 1. The van der Waals surface area contributed by atoms with Crippen molar-refractivity contribution in [1.82, 2.24) is 5.32 Å². The molecule has 7 nitrogen and oxygen atoms in total. The maximum atomic E-state index is 12.0. The molecule has 1 heterocycles. The van der Waals surface area contributed by atoms with Crippen molar-refractivity contribution in [3.8, 4) is 0 Å². The van der Waals surface area contributed by atoms with Crippen LogP contribution in [0.25, 0.3) is 0 Å². The average Bonchev–Trinajstić information content (AvgIpc) is 2.79. The Hall–Kier alpha value is -2.44. The number of carbonyl (C=O) groups excluding carboxylic acids is 2. The fourth-order valence-electron chi connectivity index (χ4n) is 2.16. The van der Waals surface area contributed by atoms with E-state index in [4.69, 9.17) is 0 Å². The van der Waals surface area contributed by atoms with Crippen molar-refractivity contribution in [2.45, 2.75) is 20.3 Å². The van der Waals surface area contributed by atoms with Gasteiger partial charge in [0.1, 0.15) is 0 Å². The summed E-state index contributed by atoms with van der Waals surface area (Å²) in [5, 5.41) is 16.1. The smallest absolute Gasteiger partial charge is 0.272 e. The number of nitrogens with zero attached hydrogens (tertiary/aromatic N) is 1. The summed E-state index contributed by atoms with van der Waals surface area (Å²) in [6.45, 7) is 3.64. The summed E-state index contributed by atoms with van der Waals surface area (Å²) < 4.78 is 0. The lowest BCUT2D eigenvalue weighted by atomic mass is 10.1. The zero-order valence-electron chi connectivity index (χ0n) is 11.2. The molecule has 1 aromatic rings. The highest BCUT2D eigenvalue weighted by Crippen LogP contribution is 2.26. The van der Waals surface area contributed by atoms with Crippen LogP contribution in [0.15, 0.2) is 12.1 Å². The Morgan fingerprint density at radius 1 is 1.40 bits per heavy atom. The fraction of sp³-hybridized carbons (Fsp3) is 0.385. The van der Waals surface area contributed by atoms with E-state index in [-0.39, 0.29) is 23.9 Å².